The van der Waals surface area contributed by atoms with E-state index in [0.717, 1.165) is 22.4 Å². The maximum Gasteiger partial charge on any atom is 0.363 e. The molecule has 0 aliphatic carbocycles. The molecule has 0 spiro atoms. The highest BCUT2D eigenvalue weighted by Gasteiger charge is 2.28. The number of aromatic nitrogens is 2. The molecule has 0 saturated carbocycles. The molecular weight excluding hydrogens is 568 g/mol. The molecule has 5 rings (SSSR count). The molecule has 0 amide bonds. The Hall–Kier alpha value is -5.08. The van der Waals surface area contributed by atoms with Crippen molar-refractivity contribution in [3.8, 4) is 28.5 Å². The summed E-state index contributed by atoms with van der Waals surface area (Å²) in [6.07, 6.45) is 0. The van der Waals surface area contributed by atoms with Gasteiger partial charge in [-0.15, -0.1) is 0 Å². The van der Waals surface area contributed by atoms with Gasteiger partial charge in [-0.3, -0.25) is 9.48 Å². The molecule has 0 saturated heterocycles. The van der Waals surface area contributed by atoms with Crippen molar-refractivity contribution in [2.75, 3.05) is 20.8 Å². The van der Waals surface area contributed by atoms with Gasteiger partial charge in [0.15, 0.2) is 12.4 Å². The normalized spacial score (nSPS) is 10.7. The van der Waals surface area contributed by atoms with Gasteiger partial charge in [0, 0.05) is 11.1 Å². The summed E-state index contributed by atoms with van der Waals surface area (Å²) in [6.45, 7) is -0.0255. The number of methoxy groups -OCH3 is 2. The monoisotopic (exact) mass is 596 g/mol. The molecule has 5 aromatic rings. The Labute approximate surface area is 254 Å². The van der Waals surface area contributed by atoms with E-state index in [1.807, 2.05) is 78.9 Å². The van der Waals surface area contributed by atoms with Crippen molar-refractivity contribution in [3.63, 3.8) is 0 Å². The number of ketones is 1. The van der Waals surface area contributed by atoms with Gasteiger partial charge in [0.25, 0.3) is 0 Å². The molecular formula is C34H29ClN2O6. The predicted octanol–water partition coefficient (Wildman–Crippen LogP) is 6.89. The summed E-state index contributed by atoms with van der Waals surface area (Å²) in [5.41, 5.74) is 3.39. The summed E-state index contributed by atoms with van der Waals surface area (Å²) in [6, 6.07) is 31.1. The number of carbonyl (C=O) groups excluding carboxylic acids is 2. The molecule has 0 bridgehead atoms. The molecule has 218 valence electrons. The average Bonchev–Trinajstić information content (AvgIpc) is 3.41. The third kappa shape index (κ3) is 7.05. The number of hydrogen-bond donors (Lipinski definition) is 0. The van der Waals surface area contributed by atoms with Crippen molar-refractivity contribution < 1.29 is 28.5 Å². The first-order valence-electron chi connectivity index (χ1n) is 13.5. The van der Waals surface area contributed by atoms with Crippen LogP contribution in [0.1, 0.15) is 32.0 Å². The number of rotatable bonds is 12. The van der Waals surface area contributed by atoms with Crippen molar-refractivity contribution >= 4 is 23.4 Å². The number of Topliss-reactive ketones (excluding diaryl/α,β-unsaturated/α-hetero) is 1. The minimum Gasteiger partial charge on any atom is -0.497 e. The highest BCUT2D eigenvalue weighted by atomic mass is 35.5. The van der Waals surface area contributed by atoms with Gasteiger partial charge in [-0.25, -0.2) is 4.79 Å². The van der Waals surface area contributed by atoms with E-state index in [2.05, 4.69) is 5.10 Å². The molecule has 9 heteroatoms. The van der Waals surface area contributed by atoms with Crippen LogP contribution in [0.3, 0.4) is 0 Å². The first-order chi connectivity index (χ1) is 21.0. The Morgan fingerprint density at radius 2 is 1.37 bits per heavy atom. The van der Waals surface area contributed by atoms with Gasteiger partial charge >= 0.3 is 5.97 Å². The number of esters is 1. The second-order valence-corrected chi connectivity index (χ2v) is 9.92. The summed E-state index contributed by atoms with van der Waals surface area (Å²) in [7, 11) is 3.21. The summed E-state index contributed by atoms with van der Waals surface area (Å²) in [5, 5.41) is 4.94. The molecule has 0 atom stereocenters. The van der Waals surface area contributed by atoms with Crippen LogP contribution in [0.4, 0.5) is 0 Å². The highest BCUT2D eigenvalue weighted by Crippen LogP contribution is 2.35. The molecule has 0 N–H and O–H groups in total. The SMILES string of the molecule is COc1ccc(COc2c(C(=O)OCC(=O)c3ccccc3Cl)nn(Cc3ccc(OC)cc3)c2-c2ccccc2)cc1. The maximum absolute atomic E-state index is 13.5. The molecule has 0 unspecified atom stereocenters. The van der Waals surface area contributed by atoms with E-state index in [-0.39, 0.29) is 28.6 Å². The summed E-state index contributed by atoms with van der Waals surface area (Å²) >= 11 is 6.17. The zero-order valence-corrected chi connectivity index (χ0v) is 24.4. The molecule has 1 aromatic heterocycles. The number of benzene rings is 4. The molecule has 0 aliphatic rings. The summed E-state index contributed by atoms with van der Waals surface area (Å²) in [4.78, 5) is 26.3. The van der Waals surface area contributed by atoms with Gasteiger partial charge < -0.3 is 18.9 Å². The third-order valence-electron chi connectivity index (χ3n) is 6.69. The van der Waals surface area contributed by atoms with Crippen LogP contribution in [0.2, 0.25) is 5.02 Å². The van der Waals surface area contributed by atoms with E-state index >= 15 is 0 Å². The fourth-order valence-corrected chi connectivity index (χ4v) is 4.69. The average molecular weight is 597 g/mol. The molecule has 4 aromatic carbocycles. The van der Waals surface area contributed by atoms with Gasteiger partial charge in [-0.2, -0.15) is 5.10 Å². The standard InChI is InChI=1S/C34H29ClN2O6/c1-40-26-16-12-23(13-17-26)20-37-32(25-8-4-3-5-9-25)33(42-21-24-14-18-27(41-2)19-15-24)31(36-37)34(39)43-22-30(38)28-10-6-7-11-29(28)35/h3-19H,20-22H2,1-2H3. The molecule has 8 nitrogen and oxygen atoms in total. The topological polar surface area (TPSA) is 88.9 Å². The van der Waals surface area contributed by atoms with E-state index in [1.54, 1.807) is 43.2 Å². The zero-order valence-electron chi connectivity index (χ0n) is 23.7. The second kappa shape index (κ2) is 13.7. The number of nitrogens with zero attached hydrogens (tertiary/aromatic N) is 2. The molecule has 43 heavy (non-hydrogen) atoms. The van der Waals surface area contributed by atoms with Gasteiger partial charge in [0.05, 0.1) is 25.8 Å². The molecule has 0 fully saturated rings. The van der Waals surface area contributed by atoms with Crippen molar-refractivity contribution in [1.82, 2.24) is 9.78 Å². The third-order valence-corrected chi connectivity index (χ3v) is 7.02. The Morgan fingerprint density at radius 3 is 2.00 bits per heavy atom. The number of hydrogen-bond acceptors (Lipinski definition) is 7. The quantitative estimate of drug-likeness (QED) is 0.114. The van der Waals surface area contributed by atoms with Crippen LogP contribution in [0.15, 0.2) is 103 Å². The van der Waals surface area contributed by atoms with Crippen LogP contribution >= 0.6 is 11.6 Å². The minimum absolute atomic E-state index is 0.0483. The Balaban J connectivity index is 1.51. The van der Waals surface area contributed by atoms with Crippen LogP contribution in [0, 0.1) is 0 Å². The largest absolute Gasteiger partial charge is 0.497 e. The maximum atomic E-state index is 13.5. The van der Waals surface area contributed by atoms with E-state index < -0.39 is 18.4 Å². The van der Waals surface area contributed by atoms with Gasteiger partial charge in [-0.05, 0) is 47.5 Å². The smallest absolute Gasteiger partial charge is 0.363 e. The van der Waals surface area contributed by atoms with Gasteiger partial charge in [-0.1, -0.05) is 78.3 Å². The van der Waals surface area contributed by atoms with Crippen molar-refractivity contribution in [2.24, 2.45) is 0 Å². The van der Waals surface area contributed by atoms with Crippen molar-refractivity contribution in [3.05, 3.63) is 131 Å². The predicted molar refractivity (Wildman–Crippen MR) is 163 cm³/mol. The van der Waals surface area contributed by atoms with E-state index in [0.29, 0.717) is 18.0 Å². The van der Waals surface area contributed by atoms with Crippen molar-refractivity contribution in [2.45, 2.75) is 13.2 Å². The van der Waals surface area contributed by atoms with Crippen LogP contribution in [-0.4, -0.2) is 42.4 Å². The Kier molecular flexibility index (Phi) is 9.39. The summed E-state index contributed by atoms with van der Waals surface area (Å²) in [5.74, 6) is 0.457. The number of halogens is 1. The second-order valence-electron chi connectivity index (χ2n) is 9.51. The molecule has 1 heterocycles. The lowest BCUT2D eigenvalue weighted by molar-refractivity contribution is 0.0463. The first-order valence-corrected chi connectivity index (χ1v) is 13.8. The van der Waals surface area contributed by atoms with E-state index in [9.17, 15) is 9.59 Å². The minimum atomic E-state index is -0.796. The molecule has 0 radical (unpaired) electrons. The Bertz CT molecular complexity index is 1700. The first kappa shape index (κ1) is 29.4. The zero-order chi connectivity index (χ0) is 30.2. The van der Waals surface area contributed by atoms with Crippen LogP contribution in [0.25, 0.3) is 11.3 Å². The lowest BCUT2D eigenvalue weighted by Gasteiger charge is -2.12. The van der Waals surface area contributed by atoms with Crippen LogP contribution in [0.5, 0.6) is 17.2 Å². The van der Waals surface area contributed by atoms with Gasteiger partial charge in [0.2, 0.25) is 11.5 Å². The van der Waals surface area contributed by atoms with E-state index in [4.69, 9.17) is 30.5 Å². The lowest BCUT2D eigenvalue weighted by atomic mass is 10.1. The highest BCUT2D eigenvalue weighted by molar-refractivity contribution is 6.34. The summed E-state index contributed by atoms with van der Waals surface area (Å²) < 4.78 is 24.0. The fraction of sp³-hybridized carbons (Fsp3) is 0.147. The number of ether oxygens (including phenoxy) is 4. The number of carbonyl (C=O) groups is 2. The van der Waals surface area contributed by atoms with Crippen LogP contribution in [-0.2, 0) is 17.9 Å². The molecule has 0 aliphatic heterocycles. The Morgan fingerprint density at radius 1 is 0.767 bits per heavy atom. The van der Waals surface area contributed by atoms with E-state index in [1.165, 1.54) is 0 Å². The van der Waals surface area contributed by atoms with Crippen molar-refractivity contribution in [1.29, 1.82) is 0 Å². The van der Waals surface area contributed by atoms with Gasteiger partial charge in [0.1, 0.15) is 23.8 Å². The fourth-order valence-electron chi connectivity index (χ4n) is 4.45. The lowest BCUT2D eigenvalue weighted by Crippen LogP contribution is -2.16. The van der Waals surface area contributed by atoms with Crippen LogP contribution < -0.4 is 14.2 Å².